The molecule has 1 aliphatic rings. The van der Waals surface area contributed by atoms with Gasteiger partial charge in [0.2, 0.25) is 0 Å². The molecule has 1 aliphatic heterocycles. The van der Waals surface area contributed by atoms with Crippen LogP contribution in [0.2, 0.25) is 0 Å². The highest BCUT2D eigenvalue weighted by molar-refractivity contribution is 7.99. The Balaban J connectivity index is 2.03. The highest BCUT2D eigenvalue weighted by Crippen LogP contribution is 2.18. The summed E-state index contributed by atoms with van der Waals surface area (Å²) >= 11 is 1.82. The molecule has 1 amide bonds. The first-order valence-corrected chi connectivity index (χ1v) is 6.76. The molecule has 0 aromatic heterocycles. The molecule has 1 heterocycles. The standard InChI is InChI=1S/C12H15FN2OS/c13-11-6-8(14)3-4-10(11)12(16)15-9-2-1-5-17-7-9/h3-4,6,9H,1-2,5,7,14H2,(H,15,16). The predicted molar refractivity (Wildman–Crippen MR) is 68.6 cm³/mol. The Kier molecular flexibility index (Phi) is 3.89. The Morgan fingerprint density at radius 2 is 2.35 bits per heavy atom. The Labute approximate surface area is 104 Å². The first-order chi connectivity index (χ1) is 8.16. The molecule has 1 unspecified atom stereocenters. The number of rotatable bonds is 2. The third-order valence-corrected chi connectivity index (χ3v) is 3.95. The van der Waals surface area contributed by atoms with Crippen LogP contribution >= 0.6 is 11.8 Å². The average molecular weight is 254 g/mol. The highest BCUT2D eigenvalue weighted by Gasteiger charge is 2.18. The van der Waals surface area contributed by atoms with Crippen molar-refractivity contribution >= 4 is 23.4 Å². The monoisotopic (exact) mass is 254 g/mol. The van der Waals surface area contributed by atoms with Crippen LogP contribution < -0.4 is 11.1 Å². The van der Waals surface area contributed by atoms with Gasteiger partial charge in [-0.15, -0.1) is 0 Å². The third-order valence-electron chi connectivity index (χ3n) is 2.73. The van der Waals surface area contributed by atoms with Crippen molar-refractivity contribution in [2.24, 2.45) is 0 Å². The molecule has 3 nitrogen and oxygen atoms in total. The number of hydrogen-bond donors (Lipinski definition) is 2. The number of hydrogen-bond acceptors (Lipinski definition) is 3. The molecule has 17 heavy (non-hydrogen) atoms. The number of nitrogen functional groups attached to an aromatic ring is 1. The second kappa shape index (κ2) is 5.40. The summed E-state index contributed by atoms with van der Waals surface area (Å²) in [5.41, 5.74) is 5.83. The molecule has 1 saturated heterocycles. The smallest absolute Gasteiger partial charge is 0.254 e. The van der Waals surface area contributed by atoms with Crippen LogP contribution in [0, 0.1) is 5.82 Å². The summed E-state index contributed by atoms with van der Waals surface area (Å²) in [6.07, 6.45) is 2.06. The van der Waals surface area contributed by atoms with Crippen molar-refractivity contribution in [1.29, 1.82) is 0 Å². The molecule has 0 aliphatic carbocycles. The van der Waals surface area contributed by atoms with Crippen LogP contribution in [0.15, 0.2) is 18.2 Å². The molecule has 5 heteroatoms. The van der Waals surface area contributed by atoms with Crippen LogP contribution in [-0.2, 0) is 0 Å². The average Bonchev–Trinajstić information content (AvgIpc) is 2.30. The van der Waals surface area contributed by atoms with Crippen molar-refractivity contribution in [2.45, 2.75) is 18.9 Å². The van der Waals surface area contributed by atoms with E-state index in [1.165, 1.54) is 18.2 Å². The molecule has 1 fully saturated rings. The summed E-state index contributed by atoms with van der Waals surface area (Å²) in [5.74, 6) is 1.13. The van der Waals surface area contributed by atoms with Crippen molar-refractivity contribution in [3.8, 4) is 0 Å². The van der Waals surface area contributed by atoms with Gasteiger partial charge in [0.1, 0.15) is 5.82 Å². The van der Waals surface area contributed by atoms with Gasteiger partial charge in [0.05, 0.1) is 5.56 Å². The molecule has 0 spiro atoms. The highest BCUT2D eigenvalue weighted by atomic mass is 32.2. The van der Waals surface area contributed by atoms with E-state index in [0.717, 1.165) is 24.3 Å². The zero-order valence-corrected chi connectivity index (χ0v) is 10.2. The Bertz CT molecular complexity index is 419. The van der Waals surface area contributed by atoms with Crippen LogP contribution in [0.5, 0.6) is 0 Å². The van der Waals surface area contributed by atoms with E-state index in [1.54, 1.807) is 0 Å². The van der Waals surface area contributed by atoms with E-state index in [-0.39, 0.29) is 17.5 Å². The van der Waals surface area contributed by atoms with Gasteiger partial charge in [0, 0.05) is 17.5 Å². The van der Waals surface area contributed by atoms with Crippen LogP contribution in [0.1, 0.15) is 23.2 Å². The maximum Gasteiger partial charge on any atom is 0.254 e. The summed E-state index contributed by atoms with van der Waals surface area (Å²) in [6, 6.07) is 4.28. The topological polar surface area (TPSA) is 55.1 Å². The number of carbonyl (C=O) groups excluding carboxylic acids is 1. The minimum absolute atomic E-state index is 0.0646. The molecular formula is C12H15FN2OS. The van der Waals surface area contributed by atoms with E-state index >= 15 is 0 Å². The molecule has 1 atom stereocenters. The first-order valence-electron chi connectivity index (χ1n) is 5.60. The van der Waals surface area contributed by atoms with Gasteiger partial charge in [-0.2, -0.15) is 11.8 Å². The molecule has 1 aromatic carbocycles. The van der Waals surface area contributed by atoms with E-state index in [9.17, 15) is 9.18 Å². The van der Waals surface area contributed by atoms with Crippen molar-refractivity contribution in [3.63, 3.8) is 0 Å². The largest absolute Gasteiger partial charge is 0.399 e. The maximum absolute atomic E-state index is 13.5. The Morgan fingerprint density at radius 3 is 3.00 bits per heavy atom. The SMILES string of the molecule is Nc1ccc(C(=O)NC2CCCSC2)c(F)c1. The van der Waals surface area contributed by atoms with Crippen molar-refractivity contribution < 1.29 is 9.18 Å². The van der Waals surface area contributed by atoms with Gasteiger partial charge in [-0.05, 0) is 36.8 Å². The molecule has 2 rings (SSSR count). The quantitative estimate of drug-likeness (QED) is 0.794. The number of anilines is 1. The van der Waals surface area contributed by atoms with Gasteiger partial charge in [-0.3, -0.25) is 4.79 Å². The number of thioether (sulfide) groups is 1. The normalized spacial score (nSPS) is 19.9. The van der Waals surface area contributed by atoms with Crippen LogP contribution in [-0.4, -0.2) is 23.5 Å². The minimum atomic E-state index is -0.564. The summed E-state index contributed by atoms with van der Waals surface area (Å²) in [6.45, 7) is 0. The predicted octanol–water partition coefficient (Wildman–Crippen LogP) is 2.03. The van der Waals surface area contributed by atoms with Crippen molar-refractivity contribution in [3.05, 3.63) is 29.6 Å². The fraction of sp³-hybridized carbons (Fsp3) is 0.417. The van der Waals surface area contributed by atoms with Gasteiger partial charge < -0.3 is 11.1 Å². The van der Waals surface area contributed by atoms with E-state index in [2.05, 4.69) is 5.32 Å². The van der Waals surface area contributed by atoms with Crippen molar-refractivity contribution in [2.75, 3.05) is 17.2 Å². The van der Waals surface area contributed by atoms with Gasteiger partial charge in [0.25, 0.3) is 5.91 Å². The number of halogens is 1. The number of amides is 1. The molecule has 0 saturated carbocycles. The molecule has 0 bridgehead atoms. The lowest BCUT2D eigenvalue weighted by molar-refractivity contribution is 0.0934. The van der Waals surface area contributed by atoms with Gasteiger partial charge in [0.15, 0.2) is 0 Å². The number of nitrogens with two attached hydrogens (primary N) is 1. The fourth-order valence-electron chi connectivity index (χ4n) is 1.83. The maximum atomic E-state index is 13.5. The van der Waals surface area contributed by atoms with Gasteiger partial charge in [-0.25, -0.2) is 4.39 Å². The van der Waals surface area contributed by atoms with E-state index in [0.29, 0.717) is 5.69 Å². The molecular weight excluding hydrogens is 239 g/mol. The number of nitrogens with one attached hydrogen (secondary N) is 1. The molecule has 92 valence electrons. The van der Waals surface area contributed by atoms with Crippen molar-refractivity contribution in [1.82, 2.24) is 5.32 Å². The Morgan fingerprint density at radius 1 is 1.53 bits per heavy atom. The zero-order valence-electron chi connectivity index (χ0n) is 9.41. The zero-order chi connectivity index (χ0) is 12.3. The Hall–Kier alpha value is -1.23. The van der Waals surface area contributed by atoms with Crippen LogP contribution in [0.4, 0.5) is 10.1 Å². The molecule has 0 radical (unpaired) electrons. The van der Waals surface area contributed by atoms with E-state index in [4.69, 9.17) is 5.73 Å². The summed E-state index contributed by atoms with van der Waals surface area (Å²) in [7, 11) is 0. The summed E-state index contributed by atoms with van der Waals surface area (Å²) in [5, 5.41) is 2.85. The van der Waals surface area contributed by atoms with E-state index in [1.807, 2.05) is 11.8 Å². The summed E-state index contributed by atoms with van der Waals surface area (Å²) < 4.78 is 13.5. The second-order valence-corrected chi connectivity index (χ2v) is 5.28. The number of benzene rings is 1. The molecule has 1 aromatic rings. The molecule has 3 N–H and O–H groups in total. The number of carbonyl (C=O) groups is 1. The minimum Gasteiger partial charge on any atom is -0.399 e. The van der Waals surface area contributed by atoms with Gasteiger partial charge in [-0.1, -0.05) is 0 Å². The second-order valence-electron chi connectivity index (χ2n) is 4.13. The summed E-state index contributed by atoms with van der Waals surface area (Å²) in [4.78, 5) is 11.8. The van der Waals surface area contributed by atoms with Crippen LogP contribution in [0.3, 0.4) is 0 Å². The van der Waals surface area contributed by atoms with Crippen LogP contribution in [0.25, 0.3) is 0 Å². The van der Waals surface area contributed by atoms with Gasteiger partial charge >= 0.3 is 0 Å². The lowest BCUT2D eigenvalue weighted by Crippen LogP contribution is -2.38. The lowest BCUT2D eigenvalue weighted by atomic mass is 10.1. The lowest BCUT2D eigenvalue weighted by Gasteiger charge is -2.22. The first kappa shape index (κ1) is 12.2. The fourth-order valence-corrected chi connectivity index (χ4v) is 2.91. The third kappa shape index (κ3) is 3.12. The van der Waals surface area contributed by atoms with E-state index < -0.39 is 5.82 Å².